The van der Waals surface area contributed by atoms with E-state index in [-0.39, 0.29) is 0 Å². The molecule has 0 atom stereocenters. The van der Waals surface area contributed by atoms with Crippen LogP contribution in [0.15, 0.2) is 24.3 Å². The van der Waals surface area contributed by atoms with Crippen molar-refractivity contribution in [2.45, 2.75) is 6.42 Å². The molecule has 0 saturated carbocycles. The summed E-state index contributed by atoms with van der Waals surface area (Å²) < 4.78 is 5.19. The highest BCUT2D eigenvalue weighted by Crippen LogP contribution is 2.27. The quantitative estimate of drug-likeness (QED) is 0.831. The summed E-state index contributed by atoms with van der Waals surface area (Å²) in [5.41, 5.74) is 6.29. The normalized spacial score (nSPS) is 10.8. The highest BCUT2D eigenvalue weighted by molar-refractivity contribution is 6.32. The van der Waals surface area contributed by atoms with Crippen molar-refractivity contribution in [2.24, 2.45) is 5.73 Å². The number of benzene rings is 1. The van der Waals surface area contributed by atoms with Gasteiger partial charge in [0.2, 0.25) is 0 Å². The molecular weight excluding hydrogens is 198 g/mol. The van der Waals surface area contributed by atoms with Gasteiger partial charge < -0.3 is 10.5 Å². The molecule has 0 heterocycles. The van der Waals surface area contributed by atoms with Crippen molar-refractivity contribution < 1.29 is 4.74 Å². The first-order valence-electron chi connectivity index (χ1n) is 4.48. The first-order valence-corrected chi connectivity index (χ1v) is 4.86. The molecule has 0 amide bonds. The van der Waals surface area contributed by atoms with Gasteiger partial charge in [0.1, 0.15) is 5.75 Å². The van der Waals surface area contributed by atoms with Crippen molar-refractivity contribution >= 4 is 17.7 Å². The minimum absolute atomic E-state index is 0.642. The van der Waals surface area contributed by atoms with Crippen LogP contribution in [0.3, 0.4) is 0 Å². The van der Waals surface area contributed by atoms with E-state index in [2.05, 4.69) is 0 Å². The van der Waals surface area contributed by atoms with Gasteiger partial charge in [0, 0.05) is 5.56 Å². The predicted molar refractivity (Wildman–Crippen MR) is 60.7 cm³/mol. The van der Waals surface area contributed by atoms with E-state index in [4.69, 9.17) is 22.1 Å². The fraction of sp³-hybridized carbons (Fsp3) is 0.273. The van der Waals surface area contributed by atoms with Crippen LogP contribution in [0.2, 0.25) is 5.02 Å². The molecule has 0 aromatic heterocycles. The average molecular weight is 212 g/mol. The Morgan fingerprint density at radius 3 is 2.93 bits per heavy atom. The predicted octanol–water partition coefficient (Wildman–Crippen LogP) is 2.71. The van der Waals surface area contributed by atoms with Crippen molar-refractivity contribution in [3.05, 3.63) is 34.9 Å². The van der Waals surface area contributed by atoms with Gasteiger partial charge in [0.25, 0.3) is 0 Å². The van der Waals surface area contributed by atoms with Crippen LogP contribution in [0.5, 0.6) is 5.75 Å². The average Bonchev–Trinajstić information content (AvgIpc) is 2.20. The summed E-state index contributed by atoms with van der Waals surface area (Å²) in [6, 6.07) is 5.58. The van der Waals surface area contributed by atoms with Crippen LogP contribution in [0.25, 0.3) is 6.08 Å². The number of halogens is 1. The van der Waals surface area contributed by atoms with Gasteiger partial charge >= 0.3 is 0 Å². The van der Waals surface area contributed by atoms with Gasteiger partial charge in [0.05, 0.1) is 12.1 Å². The lowest BCUT2D eigenvalue weighted by Gasteiger charge is -2.05. The molecule has 0 bridgehead atoms. The second kappa shape index (κ2) is 5.68. The van der Waals surface area contributed by atoms with Gasteiger partial charge in [-0.25, -0.2) is 0 Å². The number of hydrogen-bond acceptors (Lipinski definition) is 2. The third-order valence-electron chi connectivity index (χ3n) is 1.85. The van der Waals surface area contributed by atoms with Gasteiger partial charge in [-0.2, -0.15) is 0 Å². The molecule has 0 aliphatic carbocycles. The third-order valence-corrected chi connectivity index (χ3v) is 2.18. The number of ether oxygens (including phenoxy) is 1. The molecular formula is C11H14ClNO. The molecule has 0 aliphatic rings. The summed E-state index contributed by atoms with van der Waals surface area (Å²) in [7, 11) is 1.63. The topological polar surface area (TPSA) is 35.2 Å². The summed E-state index contributed by atoms with van der Waals surface area (Å²) >= 11 is 6.02. The second-order valence-corrected chi connectivity index (χ2v) is 3.24. The molecule has 0 aliphatic heterocycles. The highest BCUT2D eigenvalue weighted by atomic mass is 35.5. The number of hydrogen-bond donors (Lipinski definition) is 1. The monoisotopic (exact) mass is 211 g/mol. The maximum atomic E-state index is 6.02. The summed E-state index contributed by atoms with van der Waals surface area (Å²) in [4.78, 5) is 0. The summed E-state index contributed by atoms with van der Waals surface area (Å²) in [6.45, 7) is 0.642. The molecule has 0 radical (unpaired) electrons. The van der Waals surface area contributed by atoms with Crippen LogP contribution >= 0.6 is 11.6 Å². The molecule has 2 nitrogen and oxygen atoms in total. The van der Waals surface area contributed by atoms with Crippen LogP contribution in [0.1, 0.15) is 12.0 Å². The smallest absolute Gasteiger partial charge is 0.127 e. The van der Waals surface area contributed by atoms with E-state index < -0.39 is 0 Å². The summed E-state index contributed by atoms with van der Waals surface area (Å²) in [5.74, 6) is 0.783. The van der Waals surface area contributed by atoms with Crippen LogP contribution < -0.4 is 10.5 Å². The zero-order valence-electron chi connectivity index (χ0n) is 8.16. The Balaban J connectivity index is 2.93. The molecule has 0 unspecified atom stereocenters. The molecule has 0 fully saturated rings. The van der Waals surface area contributed by atoms with Crippen molar-refractivity contribution in [3.8, 4) is 5.75 Å². The van der Waals surface area contributed by atoms with E-state index in [1.807, 2.05) is 30.4 Å². The first-order chi connectivity index (χ1) is 6.79. The lowest BCUT2D eigenvalue weighted by molar-refractivity contribution is 0.414. The Hall–Kier alpha value is -0.990. The van der Waals surface area contributed by atoms with Gasteiger partial charge in [-0.05, 0) is 25.1 Å². The molecule has 1 aromatic rings. The minimum atomic E-state index is 0.642. The Bertz CT molecular complexity index is 323. The van der Waals surface area contributed by atoms with Crippen molar-refractivity contribution in [3.63, 3.8) is 0 Å². The van der Waals surface area contributed by atoms with Gasteiger partial charge in [0.15, 0.2) is 0 Å². The lowest BCUT2D eigenvalue weighted by Crippen LogP contribution is -1.95. The molecule has 0 saturated heterocycles. The number of nitrogens with two attached hydrogens (primary N) is 1. The van der Waals surface area contributed by atoms with Crippen molar-refractivity contribution in [2.75, 3.05) is 13.7 Å². The van der Waals surface area contributed by atoms with Gasteiger partial charge in [-0.1, -0.05) is 29.8 Å². The summed E-state index contributed by atoms with van der Waals surface area (Å²) in [6.07, 6.45) is 4.77. The molecule has 1 aromatic carbocycles. The van der Waals surface area contributed by atoms with Crippen molar-refractivity contribution in [1.82, 2.24) is 0 Å². The molecule has 1 rings (SSSR count). The maximum absolute atomic E-state index is 6.02. The summed E-state index contributed by atoms with van der Waals surface area (Å²) in [5, 5.41) is 0.692. The van der Waals surface area contributed by atoms with E-state index >= 15 is 0 Å². The number of rotatable bonds is 4. The fourth-order valence-corrected chi connectivity index (χ4v) is 1.38. The van der Waals surface area contributed by atoms with Crippen LogP contribution in [-0.2, 0) is 0 Å². The molecule has 14 heavy (non-hydrogen) atoms. The Kier molecular flexibility index (Phi) is 4.50. The zero-order chi connectivity index (χ0) is 10.4. The van der Waals surface area contributed by atoms with Crippen LogP contribution in [-0.4, -0.2) is 13.7 Å². The highest BCUT2D eigenvalue weighted by Gasteiger charge is 2.02. The van der Waals surface area contributed by atoms with E-state index in [9.17, 15) is 0 Å². The Labute approximate surface area is 89.3 Å². The number of methoxy groups -OCH3 is 1. The molecule has 76 valence electrons. The SMILES string of the molecule is COc1cccc(Cl)c1/C=C/CCN. The fourth-order valence-electron chi connectivity index (χ4n) is 1.15. The second-order valence-electron chi connectivity index (χ2n) is 2.84. The Morgan fingerprint density at radius 1 is 1.50 bits per heavy atom. The lowest BCUT2D eigenvalue weighted by atomic mass is 10.1. The molecule has 0 spiro atoms. The first kappa shape index (κ1) is 11.1. The van der Waals surface area contributed by atoms with Crippen LogP contribution in [0.4, 0.5) is 0 Å². The minimum Gasteiger partial charge on any atom is -0.496 e. The van der Waals surface area contributed by atoms with Gasteiger partial charge in [-0.3, -0.25) is 0 Å². The molecule has 3 heteroatoms. The van der Waals surface area contributed by atoms with E-state index in [1.165, 1.54) is 0 Å². The van der Waals surface area contributed by atoms with E-state index in [1.54, 1.807) is 7.11 Å². The zero-order valence-corrected chi connectivity index (χ0v) is 8.92. The van der Waals surface area contributed by atoms with E-state index in [0.717, 1.165) is 17.7 Å². The van der Waals surface area contributed by atoms with Crippen molar-refractivity contribution in [1.29, 1.82) is 0 Å². The van der Waals surface area contributed by atoms with Crippen LogP contribution in [0, 0.1) is 0 Å². The Morgan fingerprint density at radius 2 is 2.29 bits per heavy atom. The van der Waals surface area contributed by atoms with E-state index in [0.29, 0.717) is 11.6 Å². The standard InChI is InChI=1S/C11H14ClNO/c1-14-11-7-4-6-10(12)9(11)5-2-3-8-13/h2,4-7H,3,8,13H2,1H3/b5-2+. The largest absolute Gasteiger partial charge is 0.496 e. The third kappa shape index (κ3) is 2.76. The molecule has 2 N–H and O–H groups in total. The maximum Gasteiger partial charge on any atom is 0.127 e. The van der Waals surface area contributed by atoms with Gasteiger partial charge in [-0.15, -0.1) is 0 Å².